The van der Waals surface area contributed by atoms with E-state index in [0.717, 1.165) is 34.3 Å². The monoisotopic (exact) mass is 256 g/mol. The second-order valence-corrected chi connectivity index (χ2v) is 4.63. The third-order valence-electron chi connectivity index (χ3n) is 3.09. The van der Waals surface area contributed by atoms with E-state index >= 15 is 0 Å². The minimum Gasteiger partial charge on any atom is -0.441 e. The lowest BCUT2D eigenvalue weighted by atomic mass is 10.1. The summed E-state index contributed by atoms with van der Waals surface area (Å²) >= 11 is 0. The van der Waals surface area contributed by atoms with E-state index in [1.54, 1.807) is 0 Å². The lowest BCUT2D eigenvalue weighted by Gasteiger charge is -2.00. The normalized spacial score (nSPS) is 11.3. The fraction of sp³-hybridized carbons (Fsp3) is 0.286. The van der Waals surface area contributed by atoms with Crippen LogP contribution in [0.3, 0.4) is 0 Å². The molecule has 0 aliphatic carbocycles. The zero-order valence-electron chi connectivity index (χ0n) is 11.1. The highest BCUT2D eigenvalue weighted by atomic mass is 16.3. The molecule has 0 aliphatic heterocycles. The first-order chi connectivity index (χ1) is 9.17. The average molecular weight is 256 g/mol. The Kier molecular flexibility index (Phi) is 2.83. The zero-order chi connectivity index (χ0) is 13.4. The first-order valence-electron chi connectivity index (χ1n) is 6.27. The molecule has 2 aromatic heterocycles. The number of oxazole rings is 1. The Labute approximate surface area is 111 Å². The smallest absolute Gasteiger partial charge is 0.192 e. The summed E-state index contributed by atoms with van der Waals surface area (Å²) < 4.78 is 7.30. The predicted octanol–water partition coefficient (Wildman–Crippen LogP) is 2.04. The van der Waals surface area contributed by atoms with Crippen LogP contribution in [0.2, 0.25) is 0 Å². The first-order valence-corrected chi connectivity index (χ1v) is 6.27. The number of hydrogen-bond donors (Lipinski definition) is 1. The molecule has 2 heterocycles. The molecule has 98 valence electrons. The van der Waals surface area contributed by atoms with Crippen LogP contribution in [0, 0.1) is 6.92 Å². The van der Waals surface area contributed by atoms with Crippen molar-refractivity contribution >= 4 is 11.1 Å². The highest BCUT2D eigenvalue weighted by Crippen LogP contribution is 2.26. The summed E-state index contributed by atoms with van der Waals surface area (Å²) in [4.78, 5) is 4.36. The van der Waals surface area contributed by atoms with Crippen molar-refractivity contribution in [3.8, 4) is 11.3 Å². The maximum Gasteiger partial charge on any atom is 0.192 e. The molecule has 3 aromatic rings. The predicted molar refractivity (Wildman–Crippen MR) is 73.7 cm³/mol. The number of rotatable bonds is 3. The van der Waals surface area contributed by atoms with Gasteiger partial charge in [0.15, 0.2) is 11.5 Å². The molecule has 0 fully saturated rings. The van der Waals surface area contributed by atoms with Crippen molar-refractivity contribution in [1.82, 2.24) is 14.8 Å². The molecule has 2 N–H and O–H groups in total. The van der Waals surface area contributed by atoms with Gasteiger partial charge in [0.05, 0.1) is 5.69 Å². The Morgan fingerprint density at radius 3 is 3.00 bits per heavy atom. The van der Waals surface area contributed by atoms with Crippen molar-refractivity contribution in [2.75, 3.05) is 6.54 Å². The van der Waals surface area contributed by atoms with Gasteiger partial charge in [-0.1, -0.05) is 0 Å². The minimum atomic E-state index is 0.615. The maximum absolute atomic E-state index is 5.65. The van der Waals surface area contributed by atoms with E-state index in [1.165, 1.54) is 0 Å². The topological polar surface area (TPSA) is 69.9 Å². The van der Waals surface area contributed by atoms with Gasteiger partial charge in [0, 0.05) is 25.7 Å². The molecule has 0 unspecified atom stereocenters. The summed E-state index contributed by atoms with van der Waals surface area (Å²) in [5.74, 6) is 0.676. The first kappa shape index (κ1) is 11.9. The summed E-state index contributed by atoms with van der Waals surface area (Å²) in [5, 5.41) is 4.52. The van der Waals surface area contributed by atoms with E-state index in [0.29, 0.717) is 12.4 Å². The van der Waals surface area contributed by atoms with Crippen molar-refractivity contribution < 1.29 is 4.42 Å². The van der Waals surface area contributed by atoms with E-state index in [9.17, 15) is 0 Å². The van der Waals surface area contributed by atoms with Crippen LogP contribution in [0.15, 0.2) is 28.8 Å². The zero-order valence-corrected chi connectivity index (χ0v) is 11.1. The number of nitrogens with two attached hydrogens (primary N) is 1. The average Bonchev–Trinajstić information content (AvgIpc) is 2.90. The van der Waals surface area contributed by atoms with Gasteiger partial charge in [0.2, 0.25) is 0 Å². The van der Waals surface area contributed by atoms with Crippen LogP contribution in [0.25, 0.3) is 22.4 Å². The van der Waals surface area contributed by atoms with Crippen molar-refractivity contribution in [2.24, 2.45) is 12.8 Å². The van der Waals surface area contributed by atoms with Crippen LogP contribution in [-0.2, 0) is 13.5 Å². The number of nitrogens with zero attached hydrogens (tertiary/aromatic N) is 3. The second-order valence-electron chi connectivity index (χ2n) is 4.63. The lowest BCUT2D eigenvalue weighted by molar-refractivity contribution is 0.561. The van der Waals surface area contributed by atoms with Crippen molar-refractivity contribution in [3.63, 3.8) is 0 Å². The van der Waals surface area contributed by atoms with E-state index in [4.69, 9.17) is 10.2 Å². The van der Waals surface area contributed by atoms with Gasteiger partial charge in [-0.25, -0.2) is 4.98 Å². The Balaban J connectivity index is 2.12. The van der Waals surface area contributed by atoms with Gasteiger partial charge in [-0.2, -0.15) is 5.10 Å². The fourth-order valence-corrected chi connectivity index (χ4v) is 2.31. The molecule has 0 amide bonds. The maximum atomic E-state index is 5.65. The van der Waals surface area contributed by atoms with Gasteiger partial charge in [-0.05, 0) is 36.7 Å². The van der Waals surface area contributed by atoms with Crippen LogP contribution in [0.1, 0.15) is 11.5 Å². The van der Waals surface area contributed by atoms with Crippen molar-refractivity contribution in [3.05, 3.63) is 35.9 Å². The van der Waals surface area contributed by atoms with Gasteiger partial charge in [-0.3, -0.25) is 4.68 Å². The molecular weight excluding hydrogens is 240 g/mol. The molecule has 0 saturated heterocycles. The van der Waals surface area contributed by atoms with Crippen LogP contribution in [-0.4, -0.2) is 21.3 Å². The fourth-order valence-electron chi connectivity index (χ4n) is 2.31. The minimum absolute atomic E-state index is 0.615. The third-order valence-corrected chi connectivity index (χ3v) is 3.09. The number of aryl methyl sites for hydroxylation is 2. The lowest BCUT2D eigenvalue weighted by Crippen LogP contribution is -2.02. The Bertz CT molecular complexity index is 726. The van der Waals surface area contributed by atoms with E-state index in [2.05, 4.69) is 10.1 Å². The molecule has 0 aliphatic rings. The largest absolute Gasteiger partial charge is 0.441 e. The second kappa shape index (κ2) is 4.51. The summed E-state index contributed by atoms with van der Waals surface area (Å²) in [6, 6.07) is 5.95. The quantitative estimate of drug-likeness (QED) is 0.778. The van der Waals surface area contributed by atoms with Gasteiger partial charge < -0.3 is 10.2 Å². The number of fused-ring (bicyclic) bond motifs is 1. The molecule has 0 radical (unpaired) electrons. The van der Waals surface area contributed by atoms with Gasteiger partial charge in [0.1, 0.15) is 5.52 Å². The van der Waals surface area contributed by atoms with Crippen LogP contribution < -0.4 is 5.73 Å². The van der Waals surface area contributed by atoms with E-state index < -0.39 is 0 Å². The SMILES string of the molecule is Cc1nc2cc(-c3nn(C)cc3CCN)ccc2o1. The molecule has 0 saturated carbocycles. The van der Waals surface area contributed by atoms with Gasteiger partial charge in [-0.15, -0.1) is 0 Å². The molecule has 0 atom stereocenters. The molecule has 1 aromatic carbocycles. The standard InChI is InChI=1S/C14H16N4O/c1-9-16-12-7-10(3-4-13(12)19-9)14-11(5-6-15)8-18(2)17-14/h3-4,7-8H,5-6,15H2,1-2H3. The molecule has 0 spiro atoms. The summed E-state index contributed by atoms with van der Waals surface area (Å²) in [7, 11) is 1.92. The Morgan fingerprint density at radius 2 is 2.21 bits per heavy atom. The highest BCUT2D eigenvalue weighted by Gasteiger charge is 2.11. The molecular formula is C14H16N4O. The van der Waals surface area contributed by atoms with E-state index in [1.807, 2.05) is 43.0 Å². The molecule has 0 bridgehead atoms. The molecule has 5 nitrogen and oxygen atoms in total. The molecule has 5 heteroatoms. The van der Waals surface area contributed by atoms with Crippen molar-refractivity contribution in [1.29, 1.82) is 0 Å². The van der Waals surface area contributed by atoms with Crippen LogP contribution in [0.4, 0.5) is 0 Å². The number of aromatic nitrogens is 3. The highest BCUT2D eigenvalue weighted by molar-refractivity contribution is 5.80. The molecule has 3 rings (SSSR count). The molecule has 19 heavy (non-hydrogen) atoms. The van der Waals surface area contributed by atoms with Gasteiger partial charge in [0.25, 0.3) is 0 Å². The van der Waals surface area contributed by atoms with E-state index in [-0.39, 0.29) is 0 Å². The summed E-state index contributed by atoms with van der Waals surface area (Å²) in [5.41, 5.74) is 10.5. The number of hydrogen-bond acceptors (Lipinski definition) is 4. The Morgan fingerprint density at radius 1 is 1.37 bits per heavy atom. The summed E-state index contributed by atoms with van der Waals surface area (Å²) in [6.07, 6.45) is 2.83. The number of benzene rings is 1. The van der Waals surface area contributed by atoms with Crippen LogP contribution >= 0.6 is 0 Å². The van der Waals surface area contributed by atoms with Crippen molar-refractivity contribution in [2.45, 2.75) is 13.3 Å². The summed E-state index contributed by atoms with van der Waals surface area (Å²) in [6.45, 7) is 2.46. The van der Waals surface area contributed by atoms with Gasteiger partial charge >= 0.3 is 0 Å². The Hall–Kier alpha value is -2.14. The van der Waals surface area contributed by atoms with Crippen LogP contribution in [0.5, 0.6) is 0 Å². The third kappa shape index (κ3) is 2.13.